The number of hydrogen-bond acceptors (Lipinski definition) is 6. The van der Waals surface area contributed by atoms with Gasteiger partial charge in [0.05, 0.1) is 25.2 Å². The van der Waals surface area contributed by atoms with Gasteiger partial charge in [0.15, 0.2) is 5.78 Å². The van der Waals surface area contributed by atoms with E-state index >= 15 is 0 Å². The summed E-state index contributed by atoms with van der Waals surface area (Å²) in [4.78, 5) is 25.9. The van der Waals surface area contributed by atoms with E-state index in [1.807, 2.05) is 11.0 Å². The van der Waals surface area contributed by atoms with Crippen LogP contribution in [0, 0.1) is 11.7 Å². The van der Waals surface area contributed by atoms with Crippen LogP contribution in [0.25, 0.3) is 6.08 Å². The van der Waals surface area contributed by atoms with Crippen LogP contribution in [0.3, 0.4) is 0 Å². The number of benzene rings is 1. The van der Waals surface area contributed by atoms with Crippen molar-refractivity contribution in [1.29, 1.82) is 0 Å². The van der Waals surface area contributed by atoms with Crippen LogP contribution < -0.4 is 0 Å². The number of Topliss-reactive ketones (excluding diaryl/α,β-unsaturated/α-hetero) is 1. The fourth-order valence-corrected chi connectivity index (χ4v) is 4.23. The maximum absolute atomic E-state index is 14.6. The molecule has 1 aromatic heterocycles. The first-order valence-corrected chi connectivity index (χ1v) is 11.0. The molecule has 4 rings (SSSR count). The molecule has 1 saturated carbocycles. The van der Waals surface area contributed by atoms with Gasteiger partial charge in [-0.05, 0) is 37.0 Å². The van der Waals surface area contributed by atoms with Gasteiger partial charge in [0, 0.05) is 29.8 Å². The van der Waals surface area contributed by atoms with Crippen molar-refractivity contribution in [3.05, 3.63) is 53.1 Å². The number of carbonyl (C=O) groups is 2. The summed E-state index contributed by atoms with van der Waals surface area (Å²) in [6, 6.07) is 5.90. The molecular formula is C22H25FN4O3S. The van der Waals surface area contributed by atoms with Crippen LogP contribution in [0.15, 0.2) is 36.0 Å². The van der Waals surface area contributed by atoms with Crippen molar-refractivity contribution in [2.24, 2.45) is 5.92 Å². The standard InChI is InChI=1S/C22H25FN4O3S/c23-18-4-2-1-3-17(18)21(22(30)14-5-6-14)26-9-7-19(31)15(12-26)11-16-13-27(25-24-16)10-8-20(28)29/h1-4,11,13-14,19,21,31H,5-10,12H2,(H,28,29)/b15-11-. The molecule has 0 bridgehead atoms. The van der Waals surface area contributed by atoms with Gasteiger partial charge in [-0.25, -0.2) is 4.39 Å². The molecule has 2 aromatic rings. The van der Waals surface area contributed by atoms with Gasteiger partial charge in [-0.3, -0.25) is 19.2 Å². The van der Waals surface area contributed by atoms with E-state index in [1.165, 1.54) is 10.7 Å². The molecule has 2 unspecified atom stereocenters. The number of aryl methyl sites for hydroxylation is 1. The number of carboxylic acid groups (broad SMARTS) is 1. The average molecular weight is 445 g/mol. The molecule has 7 nitrogen and oxygen atoms in total. The second kappa shape index (κ2) is 9.32. The van der Waals surface area contributed by atoms with Crippen LogP contribution in [0.5, 0.6) is 0 Å². The maximum Gasteiger partial charge on any atom is 0.305 e. The Balaban J connectivity index is 1.56. The normalized spacial score (nSPS) is 21.9. The first kappa shape index (κ1) is 21.7. The van der Waals surface area contributed by atoms with Crippen molar-refractivity contribution in [2.45, 2.75) is 43.5 Å². The van der Waals surface area contributed by atoms with Crippen LogP contribution in [0.1, 0.15) is 43.0 Å². The lowest BCUT2D eigenvalue weighted by Crippen LogP contribution is -2.42. The molecule has 9 heteroatoms. The highest BCUT2D eigenvalue weighted by atomic mass is 32.1. The van der Waals surface area contributed by atoms with Gasteiger partial charge in [-0.2, -0.15) is 12.6 Å². The van der Waals surface area contributed by atoms with Crippen molar-refractivity contribution in [2.75, 3.05) is 13.1 Å². The SMILES string of the molecule is O=C(O)CCn1cc(/C=C2/CN(C(C(=O)C3CC3)c3ccccc3F)CCC2S)nn1. The smallest absolute Gasteiger partial charge is 0.305 e. The van der Waals surface area contributed by atoms with Crippen molar-refractivity contribution in [1.82, 2.24) is 19.9 Å². The Morgan fingerprint density at radius 3 is 2.77 bits per heavy atom. The summed E-state index contributed by atoms with van der Waals surface area (Å²) in [6.07, 6.45) is 6.01. The van der Waals surface area contributed by atoms with Crippen LogP contribution in [-0.4, -0.2) is 55.1 Å². The molecule has 164 valence electrons. The van der Waals surface area contributed by atoms with Crippen LogP contribution in [0.4, 0.5) is 4.39 Å². The Morgan fingerprint density at radius 2 is 2.06 bits per heavy atom. The van der Waals surface area contributed by atoms with E-state index in [4.69, 9.17) is 17.7 Å². The Kier molecular flexibility index (Phi) is 6.52. The largest absolute Gasteiger partial charge is 0.481 e. The molecule has 2 fully saturated rings. The second-order valence-corrected chi connectivity index (χ2v) is 8.77. The van der Waals surface area contributed by atoms with E-state index in [-0.39, 0.29) is 35.7 Å². The Labute approximate surface area is 185 Å². The Hall–Kier alpha value is -2.52. The van der Waals surface area contributed by atoms with Crippen LogP contribution in [0.2, 0.25) is 0 Å². The van der Waals surface area contributed by atoms with Gasteiger partial charge in [0.2, 0.25) is 0 Å². The predicted molar refractivity (Wildman–Crippen MR) is 116 cm³/mol. The lowest BCUT2D eigenvalue weighted by atomic mass is 9.93. The van der Waals surface area contributed by atoms with Gasteiger partial charge in [0.1, 0.15) is 11.5 Å². The van der Waals surface area contributed by atoms with E-state index in [0.717, 1.165) is 24.8 Å². The van der Waals surface area contributed by atoms with Gasteiger partial charge in [-0.1, -0.05) is 23.4 Å². The number of likely N-dealkylation sites (tertiary alicyclic amines) is 1. The van der Waals surface area contributed by atoms with E-state index in [1.54, 1.807) is 24.4 Å². The van der Waals surface area contributed by atoms with E-state index in [0.29, 0.717) is 24.3 Å². The highest BCUT2D eigenvalue weighted by molar-refractivity contribution is 7.81. The molecule has 31 heavy (non-hydrogen) atoms. The molecule has 1 N–H and O–H groups in total. The monoisotopic (exact) mass is 444 g/mol. The van der Waals surface area contributed by atoms with E-state index in [2.05, 4.69) is 10.3 Å². The number of aliphatic carboxylic acids is 1. The fraction of sp³-hybridized carbons (Fsp3) is 0.455. The first-order chi connectivity index (χ1) is 14.9. The maximum atomic E-state index is 14.6. The molecule has 2 heterocycles. The highest BCUT2D eigenvalue weighted by Crippen LogP contribution is 2.39. The van der Waals surface area contributed by atoms with Gasteiger partial charge in [-0.15, -0.1) is 5.10 Å². The molecular weight excluding hydrogens is 419 g/mol. The van der Waals surface area contributed by atoms with Gasteiger partial charge in [0.25, 0.3) is 0 Å². The number of thiol groups is 1. The number of carboxylic acids is 1. The predicted octanol–water partition coefficient (Wildman–Crippen LogP) is 3.00. The molecule has 2 atom stereocenters. The molecule has 1 saturated heterocycles. The molecule has 2 aliphatic rings. The number of halogens is 1. The number of ketones is 1. The van der Waals surface area contributed by atoms with Crippen LogP contribution >= 0.6 is 12.6 Å². The molecule has 0 radical (unpaired) electrons. The Bertz CT molecular complexity index is 1000. The van der Waals surface area contributed by atoms with Crippen molar-refractivity contribution in [3.63, 3.8) is 0 Å². The minimum Gasteiger partial charge on any atom is -0.481 e. The molecule has 0 spiro atoms. The Morgan fingerprint density at radius 1 is 1.29 bits per heavy atom. The quantitative estimate of drug-likeness (QED) is 0.609. The van der Waals surface area contributed by atoms with E-state index < -0.39 is 12.0 Å². The number of carbonyl (C=O) groups excluding carboxylic acids is 1. The lowest BCUT2D eigenvalue weighted by molar-refractivity contribution is -0.137. The summed E-state index contributed by atoms with van der Waals surface area (Å²) in [5.74, 6) is -1.16. The number of hydrogen-bond donors (Lipinski definition) is 2. The summed E-state index contributed by atoms with van der Waals surface area (Å²) in [6.45, 7) is 1.37. The third-order valence-electron chi connectivity index (χ3n) is 5.76. The zero-order valence-electron chi connectivity index (χ0n) is 17.0. The molecule has 1 aliphatic heterocycles. The summed E-state index contributed by atoms with van der Waals surface area (Å²) in [5, 5.41) is 16.9. The van der Waals surface area contributed by atoms with Crippen molar-refractivity contribution in [3.8, 4) is 0 Å². The van der Waals surface area contributed by atoms with Crippen LogP contribution in [-0.2, 0) is 16.1 Å². The summed E-state index contributed by atoms with van der Waals surface area (Å²) in [7, 11) is 0. The highest BCUT2D eigenvalue weighted by Gasteiger charge is 2.40. The van der Waals surface area contributed by atoms with Gasteiger partial charge < -0.3 is 5.11 Å². The third kappa shape index (κ3) is 5.22. The topological polar surface area (TPSA) is 88.3 Å². The number of rotatable bonds is 8. The van der Waals surface area contributed by atoms with Crippen molar-refractivity contribution < 1.29 is 19.1 Å². The number of nitrogens with zero attached hydrogens (tertiary/aromatic N) is 4. The summed E-state index contributed by atoms with van der Waals surface area (Å²) >= 11 is 4.70. The molecule has 1 aromatic carbocycles. The zero-order chi connectivity index (χ0) is 22.0. The lowest BCUT2D eigenvalue weighted by Gasteiger charge is -2.37. The molecule has 1 aliphatic carbocycles. The fourth-order valence-electron chi connectivity index (χ4n) is 3.96. The summed E-state index contributed by atoms with van der Waals surface area (Å²) < 4.78 is 16.1. The second-order valence-electron chi connectivity index (χ2n) is 8.15. The number of aromatic nitrogens is 3. The minimum atomic E-state index is -0.895. The average Bonchev–Trinajstić information content (AvgIpc) is 3.50. The summed E-state index contributed by atoms with van der Waals surface area (Å²) in [5.41, 5.74) is 2.01. The minimum absolute atomic E-state index is 0.00211. The van der Waals surface area contributed by atoms with Crippen molar-refractivity contribution >= 4 is 30.5 Å². The zero-order valence-corrected chi connectivity index (χ0v) is 17.9. The molecule has 0 amide bonds. The van der Waals surface area contributed by atoms with E-state index in [9.17, 15) is 14.0 Å². The third-order valence-corrected chi connectivity index (χ3v) is 6.35. The van der Waals surface area contributed by atoms with Gasteiger partial charge >= 0.3 is 5.97 Å². The first-order valence-electron chi connectivity index (χ1n) is 10.4. The number of piperidine rings is 1.